The normalized spacial score (nSPS) is 12.1. The number of phenolic OH excluding ortho intramolecular Hbond substituents is 1. The summed E-state index contributed by atoms with van der Waals surface area (Å²) >= 11 is 0. The first kappa shape index (κ1) is 12.3. The third-order valence-electron chi connectivity index (χ3n) is 2.82. The van der Waals surface area contributed by atoms with Crippen LogP contribution in [0.1, 0.15) is 17.2 Å². The number of rotatable bonds is 3. The van der Waals surface area contributed by atoms with Crippen molar-refractivity contribution in [3.63, 3.8) is 0 Å². The van der Waals surface area contributed by atoms with E-state index in [4.69, 9.17) is 10.5 Å². The van der Waals surface area contributed by atoms with E-state index in [-0.39, 0.29) is 5.75 Å². The molecule has 0 amide bonds. The number of phenols is 1. The van der Waals surface area contributed by atoms with Gasteiger partial charge < -0.3 is 20.7 Å². The molecule has 18 heavy (non-hydrogen) atoms. The number of methoxy groups -OCH3 is 1. The Balaban J connectivity index is 2.39. The Morgan fingerprint density at radius 3 is 2.39 bits per heavy atom. The molecule has 0 fully saturated rings. The second kappa shape index (κ2) is 4.98. The van der Waals surface area contributed by atoms with E-state index < -0.39 is 6.10 Å². The van der Waals surface area contributed by atoms with Gasteiger partial charge in [-0.25, -0.2) is 0 Å². The minimum absolute atomic E-state index is 0.157. The molecule has 0 aromatic heterocycles. The molecule has 4 nitrogen and oxygen atoms in total. The van der Waals surface area contributed by atoms with E-state index in [1.54, 1.807) is 30.3 Å². The summed E-state index contributed by atoms with van der Waals surface area (Å²) in [6.45, 7) is 0. The smallest absolute Gasteiger partial charge is 0.142 e. The molecule has 2 aromatic rings. The van der Waals surface area contributed by atoms with Crippen LogP contribution in [0.5, 0.6) is 11.5 Å². The zero-order chi connectivity index (χ0) is 13.1. The zero-order valence-electron chi connectivity index (χ0n) is 10.00. The predicted molar refractivity (Wildman–Crippen MR) is 69.6 cm³/mol. The molecule has 1 unspecified atom stereocenters. The summed E-state index contributed by atoms with van der Waals surface area (Å²) in [6, 6.07) is 11.6. The Morgan fingerprint density at radius 2 is 1.78 bits per heavy atom. The summed E-state index contributed by atoms with van der Waals surface area (Å²) < 4.78 is 5.11. The van der Waals surface area contributed by atoms with Crippen molar-refractivity contribution in [1.82, 2.24) is 0 Å². The maximum absolute atomic E-state index is 10.3. The van der Waals surface area contributed by atoms with Crippen molar-refractivity contribution in [3.8, 4) is 11.5 Å². The van der Waals surface area contributed by atoms with E-state index in [1.807, 2.05) is 0 Å². The second-order valence-corrected chi connectivity index (χ2v) is 3.96. The number of hydrogen-bond acceptors (Lipinski definition) is 4. The van der Waals surface area contributed by atoms with Crippen LogP contribution >= 0.6 is 0 Å². The quantitative estimate of drug-likeness (QED) is 0.723. The number of benzene rings is 2. The van der Waals surface area contributed by atoms with Crippen LogP contribution < -0.4 is 10.5 Å². The molecule has 2 rings (SSSR count). The topological polar surface area (TPSA) is 75.7 Å². The SMILES string of the molecule is COc1cccc(C(O)c2ccc(O)cc2)c1N. The lowest BCUT2D eigenvalue weighted by Gasteiger charge is -2.15. The molecule has 0 spiro atoms. The molecule has 0 aliphatic rings. The van der Waals surface area contributed by atoms with Crippen LogP contribution in [0.25, 0.3) is 0 Å². The molecule has 94 valence electrons. The van der Waals surface area contributed by atoms with Crippen molar-refractivity contribution in [2.45, 2.75) is 6.10 Å². The summed E-state index contributed by atoms with van der Waals surface area (Å²) in [6.07, 6.45) is -0.847. The third kappa shape index (κ3) is 2.24. The largest absolute Gasteiger partial charge is 0.508 e. The molecule has 0 heterocycles. The monoisotopic (exact) mass is 245 g/mol. The summed E-state index contributed by atoms with van der Waals surface area (Å²) in [7, 11) is 1.53. The minimum Gasteiger partial charge on any atom is -0.508 e. The summed E-state index contributed by atoms with van der Waals surface area (Å²) in [5, 5.41) is 19.5. The third-order valence-corrected chi connectivity index (χ3v) is 2.82. The molecule has 2 aromatic carbocycles. The zero-order valence-corrected chi connectivity index (χ0v) is 10.00. The lowest BCUT2D eigenvalue weighted by molar-refractivity contribution is 0.220. The number of anilines is 1. The van der Waals surface area contributed by atoms with Crippen LogP contribution in [0.3, 0.4) is 0 Å². The molecule has 4 heteroatoms. The Bertz CT molecular complexity index is 537. The second-order valence-electron chi connectivity index (χ2n) is 3.96. The fraction of sp³-hybridized carbons (Fsp3) is 0.143. The van der Waals surface area contributed by atoms with E-state index in [0.29, 0.717) is 22.6 Å². The maximum atomic E-state index is 10.3. The van der Waals surface area contributed by atoms with Gasteiger partial charge in [0, 0.05) is 5.56 Å². The highest BCUT2D eigenvalue weighted by Gasteiger charge is 2.15. The van der Waals surface area contributed by atoms with Gasteiger partial charge in [0.15, 0.2) is 0 Å². The van der Waals surface area contributed by atoms with E-state index in [2.05, 4.69) is 0 Å². The lowest BCUT2D eigenvalue weighted by atomic mass is 9.99. The van der Waals surface area contributed by atoms with Crippen LogP contribution in [0, 0.1) is 0 Å². The average Bonchev–Trinajstić information content (AvgIpc) is 2.39. The number of aliphatic hydroxyl groups is 1. The number of aliphatic hydroxyl groups excluding tert-OH is 1. The van der Waals surface area contributed by atoms with Gasteiger partial charge in [0.2, 0.25) is 0 Å². The number of hydrogen-bond donors (Lipinski definition) is 3. The van der Waals surface area contributed by atoms with Gasteiger partial charge in [-0.1, -0.05) is 24.3 Å². The van der Waals surface area contributed by atoms with Gasteiger partial charge in [-0.05, 0) is 23.8 Å². The molecule has 0 saturated heterocycles. The van der Waals surface area contributed by atoms with E-state index >= 15 is 0 Å². The first-order chi connectivity index (χ1) is 8.63. The highest BCUT2D eigenvalue weighted by Crippen LogP contribution is 2.33. The summed E-state index contributed by atoms with van der Waals surface area (Å²) in [5.41, 5.74) is 7.59. The van der Waals surface area contributed by atoms with E-state index in [1.165, 1.54) is 19.2 Å². The molecular formula is C14H15NO3. The van der Waals surface area contributed by atoms with Gasteiger partial charge in [0.25, 0.3) is 0 Å². The van der Waals surface area contributed by atoms with Crippen LogP contribution in [-0.2, 0) is 0 Å². The Morgan fingerprint density at radius 1 is 1.11 bits per heavy atom. The molecule has 0 aliphatic heterocycles. The number of nitrogens with two attached hydrogens (primary N) is 1. The lowest BCUT2D eigenvalue weighted by Crippen LogP contribution is -2.05. The van der Waals surface area contributed by atoms with Gasteiger partial charge in [-0.2, -0.15) is 0 Å². The van der Waals surface area contributed by atoms with Crippen molar-refractivity contribution < 1.29 is 14.9 Å². The molecule has 0 radical (unpaired) electrons. The minimum atomic E-state index is -0.847. The van der Waals surface area contributed by atoms with Crippen molar-refractivity contribution in [2.75, 3.05) is 12.8 Å². The van der Waals surface area contributed by atoms with Crippen molar-refractivity contribution in [1.29, 1.82) is 0 Å². The Hall–Kier alpha value is -2.20. The highest BCUT2D eigenvalue weighted by molar-refractivity contribution is 5.60. The molecular weight excluding hydrogens is 230 g/mol. The fourth-order valence-electron chi connectivity index (χ4n) is 1.81. The fourth-order valence-corrected chi connectivity index (χ4v) is 1.81. The predicted octanol–water partition coefficient (Wildman–Crippen LogP) is 2.06. The van der Waals surface area contributed by atoms with Gasteiger partial charge in [0.05, 0.1) is 12.8 Å². The van der Waals surface area contributed by atoms with Crippen LogP contribution in [0.4, 0.5) is 5.69 Å². The number of para-hydroxylation sites is 1. The van der Waals surface area contributed by atoms with Crippen molar-refractivity contribution >= 4 is 5.69 Å². The molecule has 0 bridgehead atoms. The van der Waals surface area contributed by atoms with Gasteiger partial charge >= 0.3 is 0 Å². The van der Waals surface area contributed by atoms with E-state index in [9.17, 15) is 10.2 Å². The van der Waals surface area contributed by atoms with Crippen LogP contribution in [0.15, 0.2) is 42.5 Å². The van der Waals surface area contributed by atoms with Crippen molar-refractivity contribution in [2.24, 2.45) is 0 Å². The first-order valence-corrected chi connectivity index (χ1v) is 5.53. The molecule has 0 saturated carbocycles. The van der Waals surface area contributed by atoms with Crippen LogP contribution in [0.2, 0.25) is 0 Å². The van der Waals surface area contributed by atoms with Crippen LogP contribution in [-0.4, -0.2) is 17.3 Å². The Labute approximate surface area is 105 Å². The van der Waals surface area contributed by atoms with Gasteiger partial charge in [0.1, 0.15) is 17.6 Å². The first-order valence-electron chi connectivity index (χ1n) is 5.53. The molecule has 1 atom stereocenters. The van der Waals surface area contributed by atoms with Crippen molar-refractivity contribution in [3.05, 3.63) is 53.6 Å². The Kier molecular flexibility index (Phi) is 3.39. The van der Waals surface area contributed by atoms with E-state index in [0.717, 1.165) is 0 Å². The average molecular weight is 245 g/mol. The molecule has 4 N–H and O–H groups in total. The number of aromatic hydroxyl groups is 1. The highest BCUT2D eigenvalue weighted by atomic mass is 16.5. The summed E-state index contributed by atoms with van der Waals surface area (Å²) in [4.78, 5) is 0. The maximum Gasteiger partial charge on any atom is 0.142 e. The van der Waals surface area contributed by atoms with Gasteiger partial charge in [-0.15, -0.1) is 0 Å². The standard InChI is InChI=1S/C14H15NO3/c1-18-12-4-2-3-11(13(12)15)14(17)9-5-7-10(16)8-6-9/h2-8,14,16-17H,15H2,1H3. The molecule has 0 aliphatic carbocycles. The number of ether oxygens (including phenoxy) is 1. The van der Waals surface area contributed by atoms with Gasteiger partial charge in [-0.3, -0.25) is 0 Å². The summed E-state index contributed by atoms with van der Waals surface area (Å²) in [5.74, 6) is 0.690. The number of nitrogen functional groups attached to an aromatic ring is 1.